The van der Waals surface area contributed by atoms with Crippen LogP contribution in [-0.4, -0.2) is 30.8 Å². The van der Waals surface area contributed by atoms with Crippen LogP contribution in [-0.2, 0) is 9.53 Å². The highest BCUT2D eigenvalue weighted by molar-refractivity contribution is 5.70. The van der Waals surface area contributed by atoms with Crippen LogP contribution in [0.15, 0.2) is 0 Å². The minimum atomic E-state index is -1.75. The number of ether oxygens (including phenoxy) is 1. The summed E-state index contributed by atoms with van der Waals surface area (Å²) in [5.74, 6) is -0.217. The first-order valence-corrected chi connectivity index (χ1v) is 4.20. The molecule has 0 radical (unpaired) electrons. The third-order valence-corrected chi connectivity index (χ3v) is 1.08. The van der Waals surface area contributed by atoms with Crippen LogP contribution < -0.4 is 5.32 Å². The molecule has 0 spiro atoms. The summed E-state index contributed by atoms with van der Waals surface area (Å²) < 4.78 is 4.67. The number of quaternary nitrogens is 1. The molecule has 0 saturated carbocycles. The lowest BCUT2D eigenvalue weighted by Crippen LogP contribution is -2.86. The number of hydrogen-bond donors (Lipinski definition) is 1. The summed E-state index contributed by atoms with van der Waals surface area (Å²) in [6, 6.07) is 1.99. The zero-order chi connectivity index (χ0) is 12.1. The minimum Gasteiger partial charge on any atom is -0.462 e. The highest BCUT2D eigenvalue weighted by Crippen LogP contribution is 1.70. The first-order chi connectivity index (χ1) is 7.04. The highest BCUT2D eigenvalue weighted by atomic mass is 16.9. The molecule has 0 aromatic carbocycles. The maximum atomic E-state index is 10.7. The van der Waals surface area contributed by atoms with Gasteiger partial charge in [-0.05, 0) is 6.92 Å². The van der Waals surface area contributed by atoms with E-state index in [1.165, 1.54) is 0 Å². The molecule has 0 heterocycles. The van der Waals surface area contributed by atoms with E-state index in [9.17, 15) is 4.79 Å². The maximum Gasteiger partial charge on any atom is 0.361 e. The lowest BCUT2D eigenvalue weighted by atomic mass is 10.4. The van der Waals surface area contributed by atoms with Gasteiger partial charge in [-0.1, -0.05) is 0 Å². The van der Waals surface area contributed by atoms with Gasteiger partial charge < -0.3 is 25.4 Å². The molecule has 0 rings (SSSR count). The second-order valence-electron chi connectivity index (χ2n) is 2.22. The van der Waals surface area contributed by atoms with Crippen molar-refractivity contribution >= 4 is 5.97 Å². The zero-order valence-electron chi connectivity index (χ0n) is 8.34. The molecule has 0 bridgehead atoms. The molecule has 0 aromatic heterocycles. The second kappa shape index (κ2) is 12.1. The Kier molecular flexibility index (Phi) is 12.6. The van der Waals surface area contributed by atoms with Crippen molar-refractivity contribution in [2.45, 2.75) is 13.3 Å². The summed E-state index contributed by atoms with van der Waals surface area (Å²) in [6.45, 7) is 3.17. The molecule has 0 unspecified atom stereocenters. The lowest BCUT2D eigenvalue weighted by molar-refractivity contribution is -0.644. The molecule has 0 saturated heterocycles. The summed E-state index contributed by atoms with van der Waals surface area (Å²) in [4.78, 5) is 18.9. The molecular weight excluding hydrogens is 206 g/mol. The molecule has 0 amide bonds. The Morgan fingerprint density at radius 3 is 2.53 bits per heavy atom. The SMILES string of the molecule is CCOC(=O)C[NH2+]CCC#N.O=[N+]([O-])[O-]. The number of nitriles is 1. The van der Waals surface area contributed by atoms with E-state index in [-0.39, 0.29) is 5.97 Å². The van der Waals surface area contributed by atoms with Gasteiger partial charge in [-0.3, -0.25) is 0 Å². The molecule has 86 valence electrons. The first kappa shape index (κ1) is 15.6. The van der Waals surface area contributed by atoms with E-state index in [2.05, 4.69) is 4.74 Å². The normalized spacial score (nSPS) is 8.00. The third kappa shape index (κ3) is 24.5. The van der Waals surface area contributed by atoms with E-state index < -0.39 is 5.09 Å². The number of hydrogen-bond acceptors (Lipinski definition) is 6. The lowest BCUT2D eigenvalue weighted by Gasteiger charge is -1.98. The van der Waals surface area contributed by atoms with Crippen LogP contribution in [0.2, 0.25) is 0 Å². The number of rotatable bonds is 5. The van der Waals surface area contributed by atoms with Crippen molar-refractivity contribution in [2.75, 3.05) is 19.7 Å². The van der Waals surface area contributed by atoms with Crippen molar-refractivity contribution in [1.82, 2.24) is 0 Å². The Hall–Kier alpha value is -1.88. The fourth-order valence-electron chi connectivity index (χ4n) is 0.606. The van der Waals surface area contributed by atoms with Gasteiger partial charge in [0, 0.05) is 0 Å². The van der Waals surface area contributed by atoms with Crippen LogP contribution in [0.5, 0.6) is 0 Å². The fourth-order valence-corrected chi connectivity index (χ4v) is 0.606. The summed E-state index contributed by atoms with van der Waals surface area (Å²) in [5.41, 5.74) is 0. The third-order valence-electron chi connectivity index (χ3n) is 1.08. The van der Waals surface area contributed by atoms with Crippen LogP contribution in [0, 0.1) is 26.7 Å². The average molecular weight is 219 g/mol. The Balaban J connectivity index is 0. The van der Waals surface area contributed by atoms with Gasteiger partial charge in [0.2, 0.25) is 0 Å². The van der Waals surface area contributed by atoms with Crippen LogP contribution in [0.1, 0.15) is 13.3 Å². The van der Waals surface area contributed by atoms with Gasteiger partial charge in [0.25, 0.3) is 0 Å². The van der Waals surface area contributed by atoms with Crippen LogP contribution >= 0.6 is 0 Å². The van der Waals surface area contributed by atoms with E-state index in [0.29, 0.717) is 26.1 Å². The van der Waals surface area contributed by atoms with Gasteiger partial charge in [-0.15, -0.1) is 0 Å². The van der Waals surface area contributed by atoms with Crippen molar-refractivity contribution in [3.63, 3.8) is 0 Å². The molecular formula is C7H13N3O5. The van der Waals surface area contributed by atoms with Crippen molar-refractivity contribution in [2.24, 2.45) is 0 Å². The number of nitrogens with two attached hydrogens (primary N) is 1. The number of carbonyl (C=O) groups is 1. The molecule has 8 nitrogen and oxygen atoms in total. The molecule has 0 fully saturated rings. The van der Waals surface area contributed by atoms with Crippen LogP contribution in [0.25, 0.3) is 0 Å². The predicted octanol–water partition coefficient (Wildman–Crippen LogP) is -1.21. The second-order valence-corrected chi connectivity index (χ2v) is 2.22. The summed E-state index contributed by atoms with van der Waals surface area (Å²) >= 11 is 0. The largest absolute Gasteiger partial charge is 0.462 e. The first-order valence-electron chi connectivity index (χ1n) is 4.20. The standard InChI is InChI=1S/C7H12N2O2.NO3/c1-2-11-7(10)6-9-5-3-4-8;2-1(3)4/h9H,2-3,5-6H2,1H3;/q;-1/p+1. The van der Waals surface area contributed by atoms with Crippen LogP contribution in [0.4, 0.5) is 0 Å². The van der Waals surface area contributed by atoms with Gasteiger partial charge in [0.05, 0.1) is 30.7 Å². The molecule has 0 aliphatic carbocycles. The van der Waals surface area contributed by atoms with Crippen molar-refractivity contribution in [1.29, 1.82) is 5.26 Å². The monoisotopic (exact) mass is 219 g/mol. The molecule has 8 heteroatoms. The molecule has 15 heavy (non-hydrogen) atoms. The number of nitrogens with zero attached hydrogens (tertiary/aromatic N) is 2. The zero-order valence-corrected chi connectivity index (χ0v) is 8.34. The Morgan fingerprint density at radius 1 is 1.60 bits per heavy atom. The number of carbonyl (C=O) groups excluding carboxylic acids is 1. The van der Waals surface area contributed by atoms with Crippen molar-refractivity contribution in [3.05, 3.63) is 15.3 Å². The Bertz CT molecular complexity index is 221. The minimum absolute atomic E-state index is 0.217. The maximum absolute atomic E-state index is 10.7. The quantitative estimate of drug-likeness (QED) is 0.267. The molecule has 0 aromatic rings. The van der Waals surface area contributed by atoms with E-state index in [0.717, 1.165) is 0 Å². The predicted molar refractivity (Wildman–Crippen MR) is 48.9 cm³/mol. The number of esters is 1. The van der Waals surface area contributed by atoms with Gasteiger partial charge in [-0.25, -0.2) is 4.79 Å². The summed E-state index contributed by atoms with van der Waals surface area (Å²) in [5, 5.41) is 24.7. The van der Waals surface area contributed by atoms with Crippen LogP contribution in [0.3, 0.4) is 0 Å². The van der Waals surface area contributed by atoms with Gasteiger partial charge in [-0.2, -0.15) is 5.26 Å². The molecule has 0 aliphatic heterocycles. The van der Waals surface area contributed by atoms with Gasteiger partial charge in [0.15, 0.2) is 6.54 Å². The summed E-state index contributed by atoms with van der Waals surface area (Å²) in [6.07, 6.45) is 0.472. The molecule has 2 N–H and O–H groups in total. The topological polar surface area (TPSA) is 133 Å². The summed E-state index contributed by atoms with van der Waals surface area (Å²) in [7, 11) is 0. The smallest absolute Gasteiger partial charge is 0.361 e. The average Bonchev–Trinajstić information content (AvgIpc) is 2.12. The highest BCUT2D eigenvalue weighted by Gasteiger charge is 2.01. The van der Waals surface area contributed by atoms with Gasteiger partial charge >= 0.3 is 5.97 Å². The Morgan fingerprint density at radius 2 is 2.13 bits per heavy atom. The van der Waals surface area contributed by atoms with Crippen molar-refractivity contribution in [3.8, 4) is 6.07 Å². The van der Waals surface area contributed by atoms with E-state index in [4.69, 9.17) is 20.6 Å². The van der Waals surface area contributed by atoms with Gasteiger partial charge in [0.1, 0.15) is 0 Å². The van der Waals surface area contributed by atoms with E-state index >= 15 is 0 Å². The molecule has 0 aliphatic rings. The fraction of sp³-hybridized carbons (Fsp3) is 0.714. The molecule has 0 atom stereocenters. The van der Waals surface area contributed by atoms with E-state index in [1.54, 1.807) is 12.2 Å². The Labute approximate surface area is 86.6 Å². The van der Waals surface area contributed by atoms with Crippen molar-refractivity contribution < 1.29 is 19.9 Å². The van der Waals surface area contributed by atoms with E-state index in [1.807, 2.05) is 6.07 Å².